The minimum Gasteiger partial charge on any atom is -0.432 e. The summed E-state index contributed by atoms with van der Waals surface area (Å²) in [6.45, 7) is 3.04. The predicted molar refractivity (Wildman–Crippen MR) is 69.6 cm³/mol. The van der Waals surface area contributed by atoms with Crippen LogP contribution in [0.15, 0.2) is 18.3 Å². The Bertz CT molecular complexity index is 585. The van der Waals surface area contributed by atoms with Gasteiger partial charge < -0.3 is 4.74 Å². The molecule has 102 valence electrons. The average molecular weight is 266 g/mol. The molecule has 0 aliphatic rings. The van der Waals surface area contributed by atoms with Crippen LogP contribution in [-0.2, 0) is 6.42 Å². The van der Waals surface area contributed by atoms with Crippen molar-refractivity contribution in [2.75, 3.05) is 0 Å². The Morgan fingerprint density at radius 3 is 2.58 bits per heavy atom. The number of benzene rings is 1. The third-order valence-corrected chi connectivity index (χ3v) is 2.91. The van der Waals surface area contributed by atoms with Gasteiger partial charge in [-0.1, -0.05) is 20.8 Å². The van der Waals surface area contributed by atoms with E-state index in [0.717, 1.165) is 17.7 Å². The number of nitrogens with zero attached hydrogens (tertiary/aromatic N) is 2. The molecule has 0 atom stereocenters. The van der Waals surface area contributed by atoms with Crippen LogP contribution >= 0.6 is 0 Å². The highest BCUT2D eigenvalue weighted by Gasteiger charge is 2.13. The molecular weight excluding hydrogens is 250 g/mol. The fraction of sp³-hybridized carbons (Fsp3) is 0.429. The molecule has 0 unspecified atom stereocenters. The number of hydrogen-bond donors (Lipinski definition) is 0. The number of aromatic nitrogens is 2. The number of hydrogen-bond acceptors (Lipinski definition) is 3. The SMILES string of the molecule is CCc1cc(OC(F)F)c2nc(C(C)C)cnc2c1. The number of alkyl halides is 2. The monoisotopic (exact) mass is 266 g/mol. The van der Waals surface area contributed by atoms with Crippen LogP contribution in [0.3, 0.4) is 0 Å². The summed E-state index contributed by atoms with van der Waals surface area (Å²) in [5.41, 5.74) is 2.63. The fourth-order valence-corrected chi connectivity index (χ4v) is 1.82. The summed E-state index contributed by atoms with van der Waals surface area (Å²) < 4.78 is 29.5. The molecule has 19 heavy (non-hydrogen) atoms. The van der Waals surface area contributed by atoms with Crippen LogP contribution in [0.1, 0.15) is 37.9 Å². The third kappa shape index (κ3) is 2.97. The van der Waals surface area contributed by atoms with Crippen molar-refractivity contribution in [2.24, 2.45) is 0 Å². The van der Waals surface area contributed by atoms with Gasteiger partial charge in [-0.3, -0.25) is 4.98 Å². The summed E-state index contributed by atoms with van der Waals surface area (Å²) in [5.74, 6) is 0.279. The Labute approximate surface area is 110 Å². The third-order valence-electron chi connectivity index (χ3n) is 2.91. The molecule has 0 saturated heterocycles. The van der Waals surface area contributed by atoms with Gasteiger partial charge in [-0.2, -0.15) is 8.78 Å². The van der Waals surface area contributed by atoms with Gasteiger partial charge in [0, 0.05) is 6.20 Å². The number of ether oxygens (including phenoxy) is 1. The van der Waals surface area contributed by atoms with Gasteiger partial charge in [0.2, 0.25) is 0 Å². The van der Waals surface area contributed by atoms with E-state index in [0.29, 0.717) is 11.0 Å². The summed E-state index contributed by atoms with van der Waals surface area (Å²) >= 11 is 0. The smallest absolute Gasteiger partial charge is 0.387 e. The van der Waals surface area contributed by atoms with Crippen LogP contribution in [0, 0.1) is 0 Å². The Hall–Kier alpha value is -1.78. The van der Waals surface area contributed by atoms with Crippen molar-refractivity contribution >= 4 is 11.0 Å². The van der Waals surface area contributed by atoms with Crippen LogP contribution in [0.2, 0.25) is 0 Å². The molecule has 2 aromatic rings. The van der Waals surface area contributed by atoms with Crippen molar-refractivity contribution < 1.29 is 13.5 Å². The number of rotatable bonds is 4. The maximum absolute atomic E-state index is 12.5. The second-order valence-corrected chi connectivity index (χ2v) is 4.64. The molecule has 0 bridgehead atoms. The van der Waals surface area contributed by atoms with Gasteiger partial charge in [0.1, 0.15) is 5.52 Å². The molecule has 1 aromatic carbocycles. The Morgan fingerprint density at radius 1 is 1.26 bits per heavy atom. The second kappa shape index (κ2) is 5.47. The van der Waals surface area contributed by atoms with E-state index in [1.807, 2.05) is 26.8 Å². The van der Waals surface area contributed by atoms with E-state index in [2.05, 4.69) is 14.7 Å². The molecule has 0 amide bonds. The van der Waals surface area contributed by atoms with Crippen molar-refractivity contribution in [2.45, 2.75) is 39.7 Å². The van der Waals surface area contributed by atoms with Crippen LogP contribution in [0.25, 0.3) is 11.0 Å². The molecule has 5 heteroatoms. The summed E-state index contributed by atoms with van der Waals surface area (Å²) in [7, 11) is 0. The Balaban J connectivity index is 2.62. The number of halogens is 2. The van der Waals surface area contributed by atoms with Gasteiger partial charge in [-0.05, 0) is 30.0 Å². The normalized spacial score (nSPS) is 11.5. The first kappa shape index (κ1) is 13.6. The summed E-state index contributed by atoms with van der Waals surface area (Å²) in [5, 5.41) is 0. The topological polar surface area (TPSA) is 35.0 Å². The summed E-state index contributed by atoms with van der Waals surface area (Å²) in [4.78, 5) is 8.67. The van der Waals surface area contributed by atoms with Crippen molar-refractivity contribution in [1.29, 1.82) is 0 Å². The lowest BCUT2D eigenvalue weighted by Gasteiger charge is -2.11. The van der Waals surface area contributed by atoms with Crippen LogP contribution in [-0.4, -0.2) is 16.6 Å². The van der Waals surface area contributed by atoms with Crippen molar-refractivity contribution in [3.05, 3.63) is 29.6 Å². The van der Waals surface area contributed by atoms with E-state index in [9.17, 15) is 8.78 Å². The van der Waals surface area contributed by atoms with Gasteiger partial charge in [0.25, 0.3) is 0 Å². The van der Waals surface area contributed by atoms with E-state index in [4.69, 9.17) is 0 Å². The molecular formula is C14H16F2N2O. The molecule has 0 spiro atoms. The lowest BCUT2D eigenvalue weighted by molar-refractivity contribution is -0.0489. The molecule has 0 saturated carbocycles. The Kier molecular flexibility index (Phi) is 3.93. The lowest BCUT2D eigenvalue weighted by atomic mass is 10.1. The van der Waals surface area contributed by atoms with Crippen LogP contribution in [0.5, 0.6) is 5.75 Å². The van der Waals surface area contributed by atoms with E-state index >= 15 is 0 Å². The molecule has 3 nitrogen and oxygen atoms in total. The quantitative estimate of drug-likeness (QED) is 0.841. The maximum Gasteiger partial charge on any atom is 0.387 e. The van der Waals surface area contributed by atoms with E-state index in [-0.39, 0.29) is 11.7 Å². The zero-order chi connectivity index (χ0) is 14.0. The molecule has 0 N–H and O–H groups in total. The molecule has 0 aliphatic heterocycles. The van der Waals surface area contributed by atoms with Crippen LogP contribution in [0.4, 0.5) is 8.78 Å². The molecule has 1 aromatic heterocycles. The molecule has 0 aliphatic carbocycles. The molecule has 0 fully saturated rings. The Morgan fingerprint density at radius 2 is 2.00 bits per heavy atom. The van der Waals surface area contributed by atoms with Crippen molar-refractivity contribution in [1.82, 2.24) is 9.97 Å². The van der Waals surface area contributed by atoms with E-state index in [1.54, 1.807) is 12.3 Å². The molecule has 2 rings (SSSR count). The zero-order valence-electron chi connectivity index (χ0n) is 11.2. The lowest BCUT2D eigenvalue weighted by Crippen LogP contribution is -2.05. The number of fused-ring (bicyclic) bond motifs is 1. The van der Waals surface area contributed by atoms with Crippen LogP contribution < -0.4 is 4.74 Å². The molecule has 0 radical (unpaired) electrons. The molecule has 1 heterocycles. The fourth-order valence-electron chi connectivity index (χ4n) is 1.82. The maximum atomic E-state index is 12.5. The highest BCUT2D eigenvalue weighted by atomic mass is 19.3. The first-order valence-electron chi connectivity index (χ1n) is 6.25. The van der Waals surface area contributed by atoms with Gasteiger partial charge in [-0.25, -0.2) is 4.98 Å². The summed E-state index contributed by atoms with van der Waals surface area (Å²) in [6.07, 6.45) is 2.40. The van der Waals surface area contributed by atoms with Gasteiger partial charge in [-0.15, -0.1) is 0 Å². The number of aryl methyl sites for hydroxylation is 1. The van der Waals surface area contributed by atoms with Gasteiger partial charge in [0.05, 0.1) is 11.2 Å². The van der Waals surface area contributed by atoms with E-state index < -0.39 is 6.61 Å². The highest BCUT2D eigenvalue weighted by molar-refractivity contribution is 5.82. The van der Waals surface area contributed by atoms with Crippen molar-refractivity contribution in [3.63, 3.8) is 0 Å². The highest BCUT2D eigenvalue weighted by Crippen LogP contribution is 2.28. The van der Waals surface area contributed by atoms with E-state index in [1.165, 1.54) is 0 Å². The minimum absolute atomic E-state index is 0.0966. The standard InChI is InChI=1S/C14H16F2N2O/c1-4-9-5-10-13(12(6-9)19-14(15)16)18-11(7-17-10)8(2)3/h5-8,14H,4H2,1-3H3. The zero-order valence-corrected chi connectivity index (χ0v) is 11.2. The van der Waals surface area contributed by atoms with Gasteiger partial charge >= 0.3 is 6.61 Å². The predicted octanol–water partition coefficient (Wildman–Crippen LogP) is 3.92. The second-order valence-electron chi connectivity index (χ2n) is 4.64. The van der Waals surface area contributed by atoms with Crippen molar-refractivity contribution in [3.8, 4) is 5.75 Å². The largest absolute Gasteiger partial charge is 0.432 e. The average Bonchev–Trinajstić information content (AvgIpc) is 2.37. The first-order chi connectivity index (χ1) is 9.01. The van der Waals surface area contributed by atoms with Gasteiger partial charge in [0.15, 0.2) is 5.75 Å². The first-order valence-corrected chi connectivity index (χ1v) is 6.25. The summed E-state index contributed by atoms with van der Waals surface area (Å²) in [6, 6.07) is 3.46. The minimum atomic E-state index is -2.86.